The summed E-state index contributed by atoms with van der Waals surface area (Å²) in [6, 6.07) is 7.06. The van der Waals surface area contributed by atoms with Crippen molar-refractivity contribution >= 4 is 29.1 Å². The zero-order valence-corrected chi connectivity index (χ0v) is 17.4. The van der Waals surface area contributed by atoms with Crippen molar-refractivity contribution < 1.29 is 28.7 Å². The average Bonchev–Trinajstić information content (AvgIpc) is 3.25. The molecule has 0 saturated carbocycles. The first-order chi connectivity index (χ1) is 14.2. The number of aromatic amines is 1. The molecule has 1 N–H and O–H groups in total. The van der Waals surface area contributed by atoms with Gasteiger partial charge in [-0.15, -0.1) is 0 Å². The van der Waals surface area contributed by atoms with E-state index in [0.29, 0.717) is 28.3 Å². The molecule has 0 radical (unpaired) electrons. The van der Waals surface area contributed by atoms with Gasteiger partial charge in [-0.25, -0.2) is 0 Å². The number of nitrogens with one attached hydrogen (secondary N) is 1. The Hall–Kier alpha value is -3.42. The molecule has 0 bridgehead atoms. The van der Waals surface area contributed by atoms with Gasteiger partial charge >= 0.3 is 5.97 Å². The van der Waals surface area contributed by atoms with E-state index in [4.69, 9.17) is 9.47 Å². The first-order valence-corrected chi connectivity index (χ1v) is 9.57. The largest absolute Gasteiger partial charge is 0.495 e. The second kappa shape index (κ2) is 8.52. The molecule has 1 saturated heterocycles. The molecule has 8 heteroatoms. The summed E-state index contributed by atoms with van der Waals surface area (Å²) in [4.78, 5) is 53.5. The molecule has 1 aromatic carbocycles. The zero-order valence-electron chi connectivity index (χ0n) is 17.4. The number of ketones is 2. The predicted molar refractivity (Wildman–Crippen MR) is 109 cm³/mol. The first kappa shape index (κ1) is 21.3. The number of anilines is 1. The minimum Gasteiger partial charge on any atom is -0.495 e. The average molecular weight is 412 g/mol. The summed E-state index contributed by atoms with van der Waals surface area (Å²) >= 11 is 0. The Kier molecular flexibility index (Phi) is 6.05. The number of aryl methyl sites for hydroxylation is 1. The number of H-pyrrole nitrogens is 1. The van der Waals surface area contributed by atoms with Crippen LogP contribution < -0.4 is 9.64 Å². The summed E-state index contributed by atoms with van der Waals surface area (Å²) in [7, 11) is 1.51. The lowest BCUT2D eigenvalue weighted by atomic mass is 10.1. The maximum atomic E-state index is 12.5. The number of Topliss-reactive ketones (excluding diaryl/α,β-unsaturated/α-hetero) is 2. The van der Waals surface area contributed by atoms with E-state index in [1.165, 1.54) is 18.9 Å². The topological polar surface area (TPSA) is 106 Å². The fraction of sp³-hybridized carbons (Fsp3) is 0.364. The first-order valence-electron chi connectivity index (χ1n) is 9.57. The van der Waals surface area contributed by atoms with Crippen LogP contribution in [-0.2, 0) is 14.3 Å². The van der Waals surface area contributed by atoms with Gasteiger partial charge in [0.2, 0.25) is 11.7 Å². The third kappa shape index (κ3) is 3.98. The van der Waals surface area contributed by atoms with Gasteiger partial charge in [0.25, 0.3) is 0 Å². The van der Waals surface area contributed by atoms with E-state index in [1.807, 2.05) is 0 Å². The minimum absolute atomic E-state index is 0.000193. The number of esters is 1. The number of nitrogens with zero attached hydrogens (tertiary/aromatic N) is 1. The van der Waals surface area contributed by atoms with Crippen LogP contribution in [0.1, 0.15) is 45.4 Å². The Morgan fingerprint density at radius 3 is 2.53 bits per heavy atom. The molecule has 0 aliphatic carbocycles. The van der Waals surface area contributed by atoms with Gasteiger partial charge < -0.3 is 19.4 Å². The lowest BCUT2D eigenvalue weighted by Crippen LogP contribution is -2.27. The van der Waals surface area contributed by atoms with Crippen LogP contribution in [0.5, 0.6) is 5.75 Å². The standard InChI is InChI=1S/C22H24N2O6/c1-12-20(14(3)25)13(2)23-21(12)17(26)11-30-22(28)15-9-19(27)24(10-15)16-7-5-6-8-18(16)29-4/h5-8,15,23H,9-11H2,1-4H3/t15-/m0/s1. The number of benzene rings is 1. The SMILES string of the molecule is COc1ccccc1N1C[C@@H](C(=O)OCC(=O)c2[nH]c(C)c(C(C)=O)c2C)CC1=O. The highest BCUT2D eigenvalue weighted by atomic mass is 16.5. The smallest absolute Gasteiger partial charge is 0.311 e. The van der Waals surface area contributed by atoms with Gasteiger partial charge in [-0.1, -0.05) is 12.1 Å². The minimum atomic E-state index is -0.672. The van der Waals surface area contributed by atoms with Crippen molar-refractivity contribution in [2.24, 2.45) is 5.92 Å². The monoisotopic (exact) mass is 412 g/mol. The van der Waals surface area contributed by atoms with Crippen molar-refractivity contribution in [3.05, 3.63) is 46.8 Å². The van der Waals surface area contributed by atoms with Gasteiger partial charge in [0, 0.05) is 24.2 Å². The number of para-hydroxylation sites is 2. The summed E-state index contributed by atoms with van der Waals surface area (Å²) in [5, 5.41) is 0. The highest BCUT2D eigenvalue weighted by molar-refractivity contribution is 6.04. The number of methoxy groups -OCH3 is 1. The highest BCUT2D eigenvalue weighted by Crippen LogP contribution is 2.33. The molecule has 1 aromatic heterocycles. The van der Waals surface area contributed by atoms with E-state index in [2.05, 4.69) is 4.98 Å². The lowest BCUT2D eigenvalue weighted by Gasteiger charge is -2.19. The molecular formula is C22H24N2O6. The van der Waals surface area contributed by atoms with E-state index < -0.39 is 24.3 Å². The van der Waals surface area contributed by atoms with Crippen molar-refractivity contribution in [1.82, 2.24) is 4.98 Å². The van der Waals surface area contributed by atoms with Crippen LogP contribution in [-0.4, -0.2) is 48.7 Å². The second-order valence-electron chi connectivity index (χ2n) is 7.29. The van der Waals surface area contributed by atoms with Crippen LogP contribution in [0.3, 0.4) is 0 Å². The number of hydrogen-bond donors (Lipinski definition) is 1. The number of carbonyl (C=O) groups excluding carboxylic acids is 4. The van der Waals surface area contributed by atoms with Crippen molar-refractivity contribution in [2.75, 3.05) is 25.2 Å². The van der Waals surface area contributed by atoms with Gasteiger partial charge in [0.05, 0.1) is 24.4 Å². The number of ether oxygens (including phenoxy) is 2. The Morgan fingerprint density at radius 2 is 1.90 bits per heavy atom. The summed E-state index contributed by atoms with van der Waals surface area (Å²) in [5.74, 6) is -1.53. The van der Waals surface area contributed by atoms with Crippen molar-refractivity contribution in [3.8, 4) is 5.75 Å². The van der Waals surface area contributed by atoms with Crippen LogP contribution >= 0.6 is 0 Å². The number of amides is 1. The van der Waals surface area contributed by atoms with Gasteiger partial charge in [-0.3, -0.25) is 19.2 Å². The zero-order chi connectivity index (χ0) is 22.0. The molecule has 1 fully saturated rings. The Balaban J connectivity index is 1.65. The van der Waals surface area contributed by atoms with Crippen LogP contribution in [0.15, 0.2) is 24.3 Å². The Bertz CT molecular complexity index is 1020. The van der Waals surface area contributed by atoms with E-state index in [9.17, 15) is 19.2 Å². The molecule has 0 spiro atoms. The van der Waals surface area contributed by atoms with E-state index >= 15 is 0 Å². The molecule has 2 aromatic rings. The molecule has 1 aliphatic rings. The number of rotatable bonds is 7. The molecule has 158 valence electrons. The molecule has 8 nitrogen and oxygen atoms in total. The second-order valence-corrected chi connectivity index (χ2v) is 7.29. The quantitative estimate of drug-likeness (QED) is 0.554. The normalized spacial score (nSPS) is 15.9. The molecule has 2 heterocycles. The van der Waals surface area contributed by atoms with Crippen molar-refractivity contribution in [1.29, 1.82) is 0 Å². The summed E-state index contributed by atoms with van der Waals surface area (Å²) < 4.78 is 10.5. The van der Waals surface area contributed by atoms with Gasteiger partial charge in [-0.05, 0) is 38.5 Å². The number of hydrogen-bond acceptors (Lipinski definition) is 6. The fourth-order valence-corrected chi connectivity index (χ4v) is 3.83. The molecule has 0 unspecified atom stereocenters. The summed E-state index contributed by atoms with van der Waals surface area (Å²) in [5.41, 5.74) is 2.45. The fourth-order valence-electron chi connectivity index (χ4n) is 3.83. The maximum Gasteiger partial charge on any atom is 0.311 e. The Morgan fingerprint density at radius 1 is 1.20 bits per heavy atom. The van der Waals surface area contributed by atoms with Crippen molar-refractivity contribution in [2.45, 2.75) is 27.2 Å². The third-order valence-corrected chi connectivity index (χ3v) is 5.25. The van der Waals surface area contributed by atoms with Crippen molar-refractivity contribution in [3.63, 3.8) is 0 Å². The predicted octanol–water partition coefficient (Wildman–Crippen LogP) is 2.62. The highest BCUT2D eigenvalue weighted by Gasteiger charge is 2.37. The van der Waals surface area contributed by atoms with E-state index in [-0.39, 0.29) is 30.3 Å². The summed E-state index contributed by atoms with van der Waals surface area (Å²) in [6.45, 7) is 4.51. The van der Waals surface area contributed by atoms with E-state index in [1.54, 1.807) is 38.1 Å². The van der Waals surface area contributed by atoms with Gasteiger partial charge in [0.1, 0.15) is 5.75 Å². The lowest BCUT2D eigenvalue weighted by molar-refractivity contribution is -0.147. The third-order valence-electron chi connectivity index (χ3n) is 5.25. The van der Waals surface area contributed by atoms with Crippen LogP contribution in [0, 0.1) is 19.8 Å². The van der Waals surface area contributed by atoms with E-state index in [0.717, 1.165) is 0 Å². The van der Waals surface area contributed by atoms with Crippen LogP contribution in [0.25, 0.3) is 0 Å². The molecule has 1 atom stereocenters. The molecule has 30 heavy (non-hydrogen) atoms. The van der Waals surface area contributed by atoms with Gasteiger partial charge in [-0.2, -0.15) is 0 Å². The molecule has 1 aliphatic heterocycles. The molecule has 1 amide bonds. The summed E-state index contributed by atoms with van der Waals surface area (Å²) in [6.07, 6.45) is 0.000193. The molecule has 3 rings (SSSR count). The number of aromatic nitrogens is 1. The molecular weight excluding hydrogens is 388 g/mol. The van der Waals surface area contributed by atoms with Crippen LogP contribution in [0.2, 0.25) is 0 Å². The maximum absolute atomic E-state index is 12.5. The van der Waals surface area contributed by atoms with Crippen LogP contribution in [0.4, 0.5) is 5.69 Å². The van der Waals surface area contributed by atoms with Gasteiger partial charge in [0.15, 0.2) is 12.4 Å². The Labute approximate surface area is 174 Å². The number of carbonyl (C=O) groups is 4.